The fourth-order valence-electron chi connectivity index (χ4n) is 7.97. The van der Waals surface area contributed by atoms with E-state index in [-0.39, 0.29) is 42.2 Å². The summed E-state index contributed by atoms with van der Waals surface area (Å²) in [6, 6.07) is 10.2. The highest BCUT2D eigenvalue weighted by molar-refractivity contribution is 6.01. The predicted octanol–water partition coefficient (Wildman–Crippen LogP) is 6.28. The summed E-state index contributed by atoms with van der Waals surface area (Å²) < 4.78 is 34.5. The van der Waals surface area contributed by atoms with Crippen molar-refractivity contribution in [2.75, 3.05) is 51.7 Å². The zero-order chi connectivity index (χ0) is 31.7. The van der Waals surface area contributed by atoms with Gasteiger partial charge in [-0.3, -0.25) is 9.88 Å². The fraction of sp³-hybridized carbons (Fsp3) is 0.528. The van der Waals surface area contributed by atoms with Gasteiger partial charge < -0.3 is 24.2 Å². The lowest BCUT2D eigenvalue weighted by Gasteiger charge is -2.34. The minimum atomic E-state index is -0.501. The number of fused-ring (bicyclic) bond motifs is 3. The van der Waals surface area contributed by atoms with E-state index in [0.29, 0.717) is 29.1 Å². The molecule has 2 unspecified atom stereocenters. The average Bonchev–Trinajstić information content (AvgIpc) is 3.53. The second kappa shape index (κ2) is 13.3. The zero-order valence-electron chi connectivity index (χ0n) is 26.9. The number of halogens is 1. The Kier molecular flexibility index (Phi) is 8.94. The molecule has 0 bridgehead atoms. The molecule has 4 aromatic rings. The molecule has 0 saturated carbocycles. The third kappa shape index (κ3) is 5.65. The lowest BCUT2D eigenvalue weighted by Crippen LogP contribution is -2.47. The van der Waals surface area contributed by atoms with Gasteiger partial charge in [0.05, 0.1) is 17.5 Å². The molecule has 0 radical (unpaired) electrons. The van der Waals surface area contributed by atoms with Crippen LogP contribution in [0.3, 0.4) is 0 Å². The molecular weight excluding hydrogens is 585 g/mol. The van der Waals surface area contributed by atoms with E-state index < -0.39 is 5.82 Å². The van der Waals surface area contributed by atoms with E-state index in [0.717, 1.165) is 80.9 Å². The Morgan fingerprint density at radius 2 is 1.87 bits per heavy atom. The molecule has 2 aromatic heterocycles. The molecule has 5 heterocycles. The molecule has 7 rings (SSSR count). The number of rotatable bonds is 10. The number of ether oxygens (including phenoxy) is 3. The fourth-order valence-corrected chi connectivity index (χ4v) is 7.97. The van der Waals surface area contributed by atoms with Crippen LogP contribution in [0, 0.1) is 5.82 Å². The Bertz CT molecular complexity index is 1710. The quantitative estimate of drug-likeness (QED) is 0.204. The van der Waals surface area contributed by atoms with Gasteiger partial charge in [0.25, 0.3) is 0 Å². The van der Waals surface area contributed by atoms with Crippen LogP contribution < -0.4 is 14.4 Å². The molecule has 2 atom stereocenters. The van der Waals surface area contributed by atoms with Crippen molar-refractivity contribution in [3.63, 3.8) is 0 Å². The van der Waals surface area contributed by atoms with E-state index in [1.54, 1.807) is 13.3 Å². The van der Waals surface area contributed by atoms with Crippen LogP contribution in [-0.4, -0.2) is 83.3 Å². The number of nitrogens with zero attached hydrogens (tertiary/aromatic N) is 5. The molecule has 3 aliphatic rings. The lowest BCUT2D eigenvalue weighted by molar-refractivity contribution is 0.0512. The van der Waals surface area contributed by atoms with Gasteiger partial charge >= 0.3 is 6.01 Å². The van der Waals surface area contributed by atoms with Crippen LogP contribution in [0.4, 0.5) is 10.2 Å². The van der Waals surface area contributed by atoms with E-state index in [2.05, 4.69) is 22.8 Å². The molecule has 3 aliphatic heterocycles. The van der Waals surface area contributed by atoms with E-state index in [1.807, 2.05) is 24.3 Å². The van der Waals surface area contributed by atoms with Gasteiger partial charge in [-0.15, -0.1) is 0 Å². The van der Waals surface area contributed by atoms with Gasteiger partial charge in [-0.25, -0.2) is 4.39 Å². The van der Waals surface area contributed by atoms with Gasteiger partial charge in [0.1, 0.15) is 29.4 Å². The second-order valence-electron chi connectivity index (χ2n) is 13.0. The van der Waals surface area contributed by atoms with E-state index in [1.165, 1.54) is 12.8 Å². The number of hydrogen-bond donors (Lipinski definition) is 1. The van der Waals surface area contributed by atoms with E-state index >= 15 is 4.39 Å². The van der Waals surface area contributed by atoms with Crippen LogP contribution >= 0.6 is 0 Å². The Balaban J connectivity index is 1.35. The number of pyridine rings is 1. The van der Waals surface area contributed by atoms with Crippen LogP contribution in [0.15, 0.2) is 36.5 Å². The van der Waals surface area contributed by atoms with Crippen LogP contribution in [-0.2, 0) is 11.2 Å². The van der Waals surface area contributed by atoms with Crippen LogP contribution in [0.1, 0.15) is 63.9 Å². The van der Waals surface area contributed by atoms with E-state index in [4.69, 9.17) is 29.2 Å². The van der Waals surface area contributed by atoms with Crippen molar-refractivity contribution >= 4 is 27.5 Å². The summed E-state index contributed by atoms with van der Waals surface area (Å²) in [6.07, 6.45) is 10.9. The maximum Gasteiger partial charge on any atom is 0.319 e. The van der Waals surface area contributed by atoms with Crippen molar-refractivity contribution in [1.82, 2.24) is 19.9 Å². The molecule has 46 heavy (non-hydrogen) atoms. The summed E-state index contributed by atoms with van der Waals surface area (Å²) in [6.45, 7) is 5.38. The van der Waals surface area contributed by atoms with Gasteiger partial charge in [0, 0.05) is 38.0 Å². The molecule has 3 fully saturated rings. The standard InChI is InChI=1S/C36H44FN5O4/c1-3-24-10-8-11-25-18-27(46-23-44-2)19-28(30(24)25)32-31(37)33-29(20-38-32)34(41-15-6-4-5-7-16-41)40-35(39-33)45-22-36-13-9-17-42(36)26(21-43)12-14-36/h8,10-11,18-20,26,43H,3-7,9,12-17,21-23H2,1-2H3. The third-order valence-electron chi connectivity index (χ3n) is 10.3. The molecule has 2 aromatic carbocycles. The highest BCUT2D eigenvalue weighted by Crippen LogP contribution is 2.43. The van der Waals surface area contributed by atoms with Crippen LogP contribution in [0.25, 0.3) is 32.9 Å². The molecular formula is C36H44FN5O4. The highest BCUT2D eigenvalue weighted by atomic mass is 19.1. The molecule has 244 valence electrons. The second-order valence-corrected chi connectivity index (χ2v) is 13.0. The Hall–Kier alpha value is -3.60. The Morgan fingerprint density at radius 3 is 2.65 bits per heavy atom. The minimum absolute atomic E-state index is 0.0805. The van der Waals surface area contributed by atoms with Crippen LogP contribution in [0.2, 0.25) is 0 Å². The number of aliphatic hydroxyl groups is 1. The van der Waals surface area contributed by atoms with Crippen molar-refractivity contribution in [3.05, 3.63) is 47.9 Å². The van der Waals surface area contributed by atoms with Crippen molar-refractivity contribution in [2.24, 2.45) is 0 Å². The maximum atomic E-state index is 17.0. The first-order valence-electron chi connectivity index (χ1n) is 16.8. The summed E-state index contributed by atoms with van der Waals surface area (Å²) in [7, 11) is 1.57. The third-order valence-corrected chi connectivity index (χ3v) is 10.3. The van der Waals surface area contributed by atoms with Crippen molar-refractivity contribution in [3.8, 4) is 23.0 Å². The van der Waals surface area contributed by atoms with Crippen LogP contribution in [0.5, 0.6) is 11.8 Å². The van der Waals surface area contributed by atoms with Gasteiger partial charge in [0.2, 0.25) is 0 Å². The molecule has 0 spiro atoms. The summed E-state index contributed by atoms with van der Waals surface area (Å²) in [5.41, 5.74) is 2.03. The first kappa shape index (κ1) is 31.0. The molecule has 0 aliphatic carbocycles. The number of benzene rings is 2. The van der Waals surface area contributed by atoms with Gasteiger partial charge in [-0.05, 0) is 80.0 Å². The monoisotopic (exact) mass is 629 g/mol. The number of anilines is 1. The molecule has 1 N–H and O–H groups in total. The number of aryl methyl sites for hydroxylation is 1. The summed E-state index contributed by atoms with van der Waals surface area (Å²) in [5, 5.41) is 12.4. The predicted molar refractivity (Wildman–Crippen MR) is 177 cm³/mol. The number of methoxy groups -OCH3 is 1. The molecule has 9 nitrogen and oxygen atoms in total. The number of hydrogen-bond acceptors (Lipinski definition) is 9. The molecule has 10 heteroatoms. The summed E-state index contributed by atoms with van der Waals surface area (Å²) in [4.78, 5) is 19.1. The van der Waals surface area contributed by atoms with Gasteiger partial charge in [0.15, 0.2) is 12.6 Å². The maximum absolute atomic E-state index is 17.0. The number of aliphatic hydroxyl groups excluding tert-OH is 1. The number of aromatic nitrogens is 3. The van der Waals surface area contributed by atoms with Crippen molar-refractivity contribution in [1.29, 1.82) is 0 Å². The molecule has 0 amide bonds. The highest BCUT2D eigenvalue weighted by Gasteiger charge is 2.49. The average molecular weight is 630 g/mol. The largest absolute Gasteiger partial charge is 0.468 e. The molecule has 3 saturated heterocycles. The zero-order valence-corrected chi connectivity index (χ0v) is 26.9. The summed E-state index contributed by atoms with van der Waals surface area (Å²) >= 11 is 0. The lowest BCUT2D eigenvalue weighted by atomic mass is 9.95. The minimum Gasteiger partial charge on any atom is -0.468 e. The first-order valence-corrected chi connectivity index (χ1v) is 16.8. The summed E-state index contributed by atoms with van der Waals surface area (Å²) in [5.74, 6) is 0.754. The van der Waals surface area contributed by atoms with Gasteiger partial charge in [-0.1, -0.05) is 38.0 Å². The Labute approximate surface area is 269 Å². The van der Waals surface area contributed by atoms with Crippen molar-refractivity contribution < 1.29 is 23.7 Å². The van der Waals surface area contributed by atoms with E-state index in [9.17, 15) is 5.11 Å². The smallest absolute Gasteiger partial charge is 0.319 e. The normalized spacial score (nSPS) is 22.0. The first-order chi connectivity index (χ1) is 22.5. The topological polar surface area (TPSA) is 93.1 Å². The van der Waals surface area contributed by atoms with Crippen molar-refractivity contribution in [2.45, 2.75) is 76.3 Å². The Morgan fingerprint density at radius 1 is 1.02 bits per heavy atom. The SMILES string of the molecule is CCc1cccc2cc(OCOC)cc(-c3ncc4c(N5CCCCCC5)nc(OCC56CCCN5C(CO)CC6)nc4c3F)c12. The van der Waals surface area contributed by atoms with Gasteiger partial charge in [-0.2, -0.15) is 9.97 Å².